The molecule has 0 spiro atoms. The Bertz CT molecular complexity index is 867. The number of amides is 1. The number of carbonyl (C=O) groups excluding carboxylic acids is 1. The second-order valence-corrected chi connectivity index (χ2v) is 8.60. The summed E-state index contributed by atoms with van der Waals surface area (Å²) in [6.45, 7) is 6.07. The number of nitrogens with two attached hydrogens (primary N) is 1. The molecule has 0 aliphatic rings. The molecule has 2 unspecified atom stereocenters. The molecule has 4 N–H and O–H groups in total. The van der Waals surface area contributed by atoms with Crippen LogP contribution in [0.4, 0.5) is 5.69 Å². The predicted molar refractivity (Wildman–Crippen MR) is 108 cm³/mol. The molecule has 0 aromatic heterocycles. The van der Waals surface area contributed by atoms with Crippen molar-refractivity contribution in [1.29, 1.82) is 0 Å². The zero-order valence-electron chi connectivity index (χ0n) is 15.8. The van der Waals surface area contributed by atoms with Gasteiger partial charge in [-0.05, 0) is 43.0 Å². The highest BCUT2D eigenvalue weighted by Gasteiger charge is 2.20. The molecule has 0 fully saturated rings. The van der Waals surface area contributed by atoms with E-state index in [4.69, 9.17) is 5.14 Å². The van der Waals surface area contributed by atoms with Crippen LogP contribution in [0, 0.1) is 5.92 Å². The van der Waals surface area contributed by atoms with Crippen LogP contribution in [0.5, 0.6) is 0 Å². The lowest BCUT2D eigenvalue weighted by molar-refractivity contribution is -0.118. The van der Waals surface area contributed by atoms with Crippen LogP contribution < -0.4 is 15.8 Å². The number of nitrogens with one attached hydrogen (secondary N) is 2. The molecule has 1 amide bonds. The molecule has 2 aromatic carbocycles. The van der Waals surface area contributed by atoms with E-state index >= 15 is 0 Å². The standard InChI is InChI=1S/C20H27N3O3S/c1-14(2)12-19(16-8-5-4-6-9-16)22-15(3)20(24)23-17-10-7-11-18(13-17)27(21,25)26/h4-11,13-15,19,22H,12H2,1-3H3,(H,23,24)(H2,21,25,26). The molecular weight excluding hydrogens is 362 g/mol. The molecule has 2 atom stereocenters. The molecule has 7 heteroatoms. The van der Waals surface area contributed by atoms with Crippen molar-refractivity contribution in [1.82, 2.24) is 5.32 Å². The van der Waals surface area contributed by atoms with Crippen LogP contribution in [0.25, 0.3) is 0 Å². The SMILES string of the molecule is CC(C)CC(NC(C)C(=O)Nc1cccc(S(N)(=O)=O)c1)c1ccccc1. The Morgan fingerprint density at radius 3 is 2.30 bits per heavy atom. The number of carbonyl (C=O) groups is 1. The fraction of sp³-hybridized carbons (Fsp3) is 0.350. The van der Waals surface area contributed by atoms with Gasteiger partial charge in [0.1, 0.15) is 0 Å². The average Bonchev–Trinajstić information content (AvgIpc) is 2.61. The summed E-state index contributed by atoms with van der Waals surface area (Å²) in [7, 11) is -3.82. The van der Waals surface area contributed by atoms with Gasteiger partial charge in [0.05, 0.1) is 10.9 Å². The Hall–Kier alpha value is -2.22. The number of benzene rings is 2. The van der Waals surface area contributed by atoms with Gasteiger partial charge >= 0.3 is 0 Å². The Morgan fingerprint density at radius 2 is 1.70 bits per heavy atom. The third-order valence-corrected chi connectivity index (χ3v) is 5.09. The Morgan fingerprint density at radius 1 is 1.04 bits per heavy atom. The normalized spacial score (nSPS) is 14.0. The van der Waals surface area contributed by atoms with E-state index in [0.717, 1.165) is 12.0 Å². The Balaban J connectivity index is 2.09. The first-order chi connectivity index (χ1) is 12.7. The van der Waals surface area contributed by atoms with Gasteiger partial charge in [-0.25, -0.2) is 13.6 Å². The lowest BCUT2D eigenvalue weighted by Crippen LogP contribution is -2.40. The first-order valence-electron chi connectivity index (χ1n) is 8.91. The molecule has 2 aromatic rings. The number of anilines is 1. The molecule has 0 saturated heterocycles. The first-order valence-corrected chi connectivity index (χ1v) is 10.5. The van der Waals surface area contributed by atoms with Crippen LogP contribution >= 0.6 is 0 Å². The van der Waals surface area contributed by atoms with Gasteiger partial charge in [0.15, 0.2) is 0 Å². The summed E-state index contributed by atoms with van der Waals surface area (Å²) in [5, 5.41) is 11.3. The molecule has 2 rings (SSSR count). The van der Waals surface area contributed by atoms with Gasteiger partial charge in [0.25, 0.3) is 0 Å². The van der Waals surface area contributed by atoms with Crippen LogP contribution in [-0.4, -0.2) is 20.4 Å². The minimum Gasteiger partial charge on any atom is -0.325 e. The van der Waals surface area contributed by atoms with Crippen molar-refractivity contribution in [3.05, 3.63) is 60.2 Å². The van der Waals surface area contributed by atoms with Crippen molar-refractivity contribution in [3.63, 3.8) is 0 Å². The van der Waals surface area contributed by atoms with Gasteiger partial charge in [-0.15, -0.1) is 0 Å². The van der Waals surface area contributed by atoms with E-state index in [9.17, 15) is 13.2 Å². The largest absolute Gasteiger partial charge is 0.325 e. The van der Waals surface area contributed by atoms with Crippen LogP contribution in [0.15, 0.2) is 59.5 Å². The fourth-order valence-electron chi connectivity index (χ4n) is 2.84. The molecule has 0 radical (unpaired) electrons. The average molecular weight is 390 g/mol. The van der Waals surface area contributed by atoms with Gasteiger partial charge in [0.2, 0.25) is 15.9 Å². The molecule has 27 heavy (non-hydrogen) atoms. The van der Waals surface area contributed by atoms with Crippen molar-refractivity contribution in [2.45, 2.75) is 44.2 Å². The lowest BCUT2D eigenvalue weighted by Gasteiger charge is -2.25. The minimum atomic E-state index is -3.82. The second-order valence-electron chi connectivity index (χ2n) is 7.04. The Labute approximate surface area is 161 Å². The van der Waals surface area contributed by atoms with Crippen molar-refractivity contribution in [3.8, 4) is 0 Å². The van der Waals surface area contributed by atoms with Crippen LogP contribution in [0.2, 0.25) is 0 Å². The molecule has 0 aliphatic heterocycles. The van der Waals surface area contributed by atoms with Crippen LogP contribution in [0.3, 0.4) is 0 Å². The minimum absolute atomic E-state index is 0.0390. The number of rotatable bonds is 8. The fourth-order valence-corrected chi connectivity index (χ4v) is 3.40. The number of sulfonamides is 1. The van der Waals surface area contributed by atoms with Gasteiger partial charge in [-0.1, -0.05) is 50.2 Å². The highest BCUT2D eigenvalue weighted by Crippen LogP contribution is 2.22. The molecule has 6 nitrogen and oxygen atoms in total. The zero-order chi connectivity index (χ0) is 20.0. The Kier molecular flexibility index (Phi) is 7.12. The summed E-state index contributed by atoms with van der Waals surface area (Å²) in [6.07, 6.45) is 0.891. The maximum absolute atomic E-state index is 12.6. The smallest absolute Gasteiger partial charge is 0.241 e. The summed E-state index contributed by atoms with van der Waals surface area (Å²) < 4.78 is 22.9. The molecule has 0 saturated carbocycles. The van der Waals surface area contributed by atoms with E-state index < -0.39 is 16.1 Å². The van der Waals surface area contributed by atoms with Crippen molar-refractivity contribution >= 4 is 21.6 Å². The quantitative estimate of drug-likeness (QED) is 0.646. The second kappa shape index (κ2) is 9.12. The van der Waals surface area contributed by atoms with E-state index in [-0.39, 0.29) is 16.8 Å². The monoisotopic (exact) mass is 389 g/mol. The van der Waals surface area contributed by atoms with E-state index in [0.29, 0.717) is 11.6 Å². The van der Waals surface area contributed by atoms with Gasteiger partial charge in [-0.3, -0.25) is 10.1 Å². The van der Waals surface area contributed by atoms with E-state index in [1.807, 2.05) is 30.3 Å². The van der Waals surface area contributed by atoms with Gasteiger partial charge < -0.3 is 5.32 Å². The third kappa shape index (κ3) is 6.46. The van der Waals surface area contributed by atoms with Crippen molar-refractivity contribution < 1.29 is 13.2 Å². The zero-order valence-corrected chi connectivity index (χ0v) is 16.7. The summed E-state index contributed by atoms with van der Waals surface area (Å²) in [5.41, 5.74) is 1.52. The number of hydrogen-bond donors (Lipinski definition) is 3. The van der Waals surface area contributed by atoms with Crippen LogP contribution in [-0.2, 0) is 14.8 Å². The highest BCUT2D eigenvalue weighted by atomic mass is 32.2. The summed E-state index contributed by atoms with van der Waals surface area (Å²) in [4.78, 5) is 12.5. The van der Waals surface area contributed by atoms with Crippen molar-refractivity contribution in [2.24, 2.45) is 11.1 Å². The third-order valence-electron chi connectivity index (χ3n) is 4.18. The molecule has 146 valence electrons. The van der Waals surface area contributed by atoms with Crippen LogP contribution in [0.1, 0.15) is 38.8 Å². The summed E-state index contributed by atoms with van der Waals surface area (Å²) in [6, 6.07) is 15.5. The molecule has 0 bridgehead atoms. The molecule has 0 heterocycles. The summed E-state index contributed by atoms with van der Waals surface area (Å²) >= 11 is 0. The topological polar surface area (TPSA) is 101 Å². The maximum atomic E-state index is 12.6. The first kappa shape index (κ1) is 21.1. The highest BCUT2D eigenvalue weighted by molar-refractivity contribution is 7.89. The van der Waals surface area contributed by atoms with Gasteiger partial charge in [-0.2, -0.15) is 0 Å². The number of hydrogen-bond acceptors (Lipinski definition) is 4. The van der Waals surface area contributed by atoms with E-state index in [2.05, 4.69) is 24.5 Å². The van der Waals surface area contributed by atoms with E-state index in [1.54, 1.807) is 19.1 Å². The molecular formula is C20H27N3O3S. The predicted octanol–water partition coefficient (Wildman–Crippen LogP) is 3.04. The lowest BCUT2D eigenvalue weighted by atomic mass is 9.96. The number of primary sulfonamides is 1. The summed E-state index contributed by atoms with van der Waals surface area (Å²) in [5.74, 6) is 0.218. The van der Waals surface area contributed by atoms with Gasteiger partial charge in [0, 0.05) is 11.7 Å². The molecule has 0 aliphatic carbocycles. The van der Waals surface area contributed by atoms with Crippen molar-refractivity contribution in [2.75, 3.05) is 5.32 Å². The maximum Gasteiger partial charge on any atom is 0.241 e. The van der Waals surface area contributed by atoms with E-state index in [1.165, 1.54) is 12.1 Å².